The Hall–Kier alpha value is -1.98. The summed E-state index contributed by atoms with van der Waals surface area (Å²) in [5.41, 5.74) is 3.48. The largest absolute Gasteiger partial charge is 0.294 e. The second-order valence-electron chi connectivity index (χ2n) is 6.34. The van der Waals surface area contributed by atoms with Crippen molar-refractivity contribution in [3.8, 4) is 0 Å². The lowest BCUT2D eigenvalue weighted by Gasteiger charge is -2.20. The molecule has 0 aliphatic heterocycles. The van der Waals surface area contributed by atoms with E-state index in [0.29, 0.717) is 12.5 Å². The Morgan fingerprint density at radius 3 is 2.62 bits per heavy atom. The van der Waals surface area contributed by atoms with Crippen molar-refractivity contribution >= 4 is 16.3 Å². The number of hydrogen-bond donors (Lipinski definition) is 0. The van der Waals surface area contributed by atoms with Crippen LogP contribution in [0, 0.1) is 0 Å². The molecule has 5 heteroatoms. The van der Waals surface area contributed by atoms with Crippen molar-refractivity contribution in [1.82, 2.24) is 14.3 Å². The summed E-state index contributed by atoms with van der Waals surface area (Å²) in [6, 6.07) is 10.4. The van der Waals surface area contributed by atoms with E-state index >= 15 is 0 Å². The fraction of sp³-hybridized carbons (Fsp3) is 0.368. The lowest BCUT2D eigenvalue weighted by molar-refractivity contribution is 0.268. The van der Waals surface area contributed by atoms with Crippen LogP contribution >= 0.6 is 11.3 Å². The molecule has 0 N–H and O–H groups in total. The summed E-state index contributed by atoms with van der Waals surface area (Å²) < 4.78 is 1.59. The van der Waals surface area contributed by atoms with Gasteiger partial charge >= 0.3 is 0 Å². The Morgan fingerprint density at radius 1 is 1.21 bits per heavy atom. The molecule has 2 aromatic heterocycles. The molecule has 0 spiro atoms. The van der Waals surface area contributed by atoms with Gasteiger partial charge in [-0.1, -0.05) is 45.0 Å². The molecule has 0 fully saturated rings. The molecule has 4 nitrogen and oxygen atoms in total. The van der Waals surface area contributed by atoms with Gasteiger partial charge in [0, 0.05) is 30.7 Å². The highest BCUT2D eigenvalue weighted by Gasteiger charge is 2.09. The van der Waals surface area contributed by atoms with Crippen molar-refractivity contribution in [3.05, 3.63) is 69.1 Å². The third kappa shape index (κ3) is 3.74. The molecule has 0 amide bonds. The van der Waals surface area contributed by atoms with Crippen LogP contribution in [0.2, 0.25) is 0 Å². The van der Waals surface area contributed by atoms with Crippen LogP contribution in [0.3, 0.4) is 0 Å². The van der Waals surface area contributed by atoms with Crippen molar-refractivity contribution in [2.75, 3.05) is 6.54 Å². The highest BCUT2D eigenvalue weighted by atomic mass is 32.1. The van der Waals surface area contributed by atoms with Gasteiger partial charge in [0.05, 0.1) is 5.69 Å². The van der Waals surface area contributed by atoms with Crippen molar-refractivity contribution in [1.29, 1.82) is 0 Å². The molecule has 0 saturated carbocycles. The monoisotopic (exact) mass is 341 g/mol. The molecule has 3 aromatic rings. The fourth-order valence-electron chi connectivity index (χ4n) is 2.74. The summed E-state index contributed by atoms with van der Waals surface area (Å²) in [6.45, 7) is 9.01. The zero-order valence-corrected chi connectivity index (χ0v) is 15.2. The van der Waals surface area contributed by atoms with Crippen LogP contribution in [-0.2, 0) is 13.1 Å². The zero-order valence-electron chi connectivity index (χ0n) is 14.4. The lowest BCUT2D eigenvalue weighted by atomic mass is 10.0. The molecule has 0 bridgehead atoms. The fourth-order valence-corrected chi connectivity index (χ4v) is 3.48. The summed E-state index contributed by atoms with van der Waals surface area (Å²) in [4.78, 5) is 19.8. The van der Waals surface area contributed by atoms with Gasteiger partial charge in [0.1, 0.15) is 0 Å². The van der Waals surface area contributed by atoms with E-state index in [1.165, 1.54) is 22.5 Å². The van der Waals surface area contributed by atoms with Gasteiger partial charge in [-0.25, -0.2) is 4.98 Å². The first-order chi connectivity index (χ1) is 11.6. The third-order valence-electron chi connectivity index (χ3n) is 4.24. The van der Waals surface area contributed by atoms with Gasteiger partial charge in [0.2, 0.25) is 0 Å². The van der Waals surface area contributed by atoms with Crippen LogP contribution in [0.25, 0.3) is 4.96 Å². The first-order valence-corrected chi connectivity index (χ1v) is 9.21. The Kier molecular flexibility index (Phi) is 5.11. The molecule has 0 unspecified atom stereocenters. The summed E-state index contributed by atoms with van der Waals surface area (Å²) in [5.74, 6) is 0.552. The number of hydrogen-bond acceptors (Lipinski definition) is 4. The van der Waals surface area contributed by atoms with Gasteiger partial charge < -0.3 is 0 Å². The van der Waals surface area contributed by atoms with E-state index in [9.17, 15) is 4.79 Å². The molecule has 24 heavy (non-hydrogen) atoms. The van der Waals surface area contributed by atoms with Crippen LogP contribution in [0.5, 0.6) is 0 Å². The molecule has 0 saturated heterocycles. The van der Waals surface area contributed by atoms with Gasteiger partial charge in [-0.15, -0.1) is 11.3 Å². The predicted molar refractivity (Wildman–Crippen MR) is 99.7 cm³/mol. The number of aromatic nitrogens is 2. The van der Waals surface area contributed by atoms with E-state index in [1.807, 2.05) is 5.38 Å². The van der Waals surface area contributed by atoms with Crippen molar-refractivity contribution in [2.45, 2.75) is 39.8 Å². The summed E-state index contributed by atoms with van der Waals surface area (Å²) in [6.07, 6.45) is 1.77. The van der Waals surface area contributed by atoms with Gasteiger partial charge in [-0.2, -0.15) is 0 Å². The van der Waals surface area contributed by atoms with Gasteiger partial charge in [-0.3, -0.25) is 14.1 Å². The van der Waals surface area contributed by atoms with E-state index in [1.54, 1.807) is 16.7 Å². The second kappa shape index (κ2) is 7.28. The molecule has 0 aliphatic carbocycles. The second-order valence-corrected chi connectivity index (χ2v) is 7.21. The topological polar surface area (TPSA) is 37.6 Å². The van der Waals surface area contributed by atoms with Crippen LogP contribution in [0.4, 0.5) is 0 Å². The average Bonchev–Trinajstić information content (AvgIpc) is 3.03. The molecule has 1 aromatic carbocycles. The maximum absolute atomic E-state index is 12.1. The molecule has 0 aliphatic rings. The predicted octanol–water partition coefficient (Wildman–Crippen LogP) is 3.90. The molecular formula is C19H23N3OS. The Labute approximate surface area is 146 Å². The van der Waals surface area contributed by atoms with Crippen LogP contribution in [-0.4, -0.2) is 20.8 Å². The maximum atomic E-state index is 12.1. The minimum absolute atomic E-state index is 0.00594. The normalized spacial score (nSPS) is 11.7. The summed E-state index contributed by atoms with van der Waals surface area (Å²) >= 11 is 1.49. The Morgan fingerprint density at radius 2 is 1.96 bits per heavy atom. The van der Waals surface area contributed by atoms with E-state index in [2.05, 4.69) is 54.9 Å². The summed E-state index contributed by atoms with van der Waals surface area (Å²) in [7, 11) is 0. The Balaban J connectivity index is 1.74. The van der Waals surface area contributed by atoms with Crippen molar-refractivity contribution < 1.29 is 0 Å². The van der Waals surface area contributed by atoms with E-state index < -0.39 is 0 Å². The van der Waals surface area contributed by atoms with Gasteiger partial charge in [-0.05, 0) is 23.6 Å². The molecular weight excluding hydrogens is 318 g/mol. The van der Waals surface area contributed by atoms with Crippen molar-refractivity contribution in [3.63, 3.8) is 0 Å². The van der Waals surface area contributed by atoms with E-state index in [4.69, 9.17) is 0 Å². The van der Waals surface area contributed by atoms with Gasteiger partial charge in [0.15, 0.2) is 4.96 Å². The third-order valence-corrected chi connectivity index (χ3v) is 5.00. The first-order valence-electron chi connectivity index (χ1n) is 8.33. The lowest BCUT2D eigenvalue weighted by Crippen LogP contribution is -2.24. The minimum atomic E-state index is -0.00594. The molecule has 3 rings (SSSR count). The Bertz CT molecular complexity index is 864. The molecule has 0 atom stereocenters. The zero-order chi connectivity index (χ0) is 17.1. The summed E-state index contributed by atoms with van der Waals surface area (Å²) in [5, 5.41) is 1.89. The van der Waals surface area contributed by atoms with Crippen LogP contribution in [0.1, 0.15) is 43.5 Å². The number of rotatable bonds is 6. The molecule has 126 valence electrons. The van der Waals surface area contributed by atoms with E-state index in [-0.39, 0.29) is 5.56 Å². The van der Waals surface area contributed by atoms with E-state index in [0.717, 1.165) is 23.7 Å². The smallest absolute Gasteiger partial charge is 0.258 e. The maximum Gasteiger partial charge on any atom is 0.258 e. The highest BCUT2D eigenvalue weighted by molar-refractivity contribution is 7.15. The molecule has 2 heterocycles. The first kappa shape index (κ1) is 16.9. The standard InChI is InChI=1S/C19H23N3OS/c1-4-21(12-15-5-7-16(8-6-15)14(2)3)13-17-11-18(23)22-9-10-24-19(22)20-17/h5-11,14H,4,12-13H2,1-3H3. The minimum Gasteiger partial charge on any atom is -0.294 e. The average molecular weight is 341 g/mol. The van der Waals surface area contributed by atoms with Crippen LogP contribution in [0.15, 0.2) is 46.7 Å². The number of fused-ring (bicyclic) bond motifs is 1. The number of thiazole rings is 1. The van der Waals surface area contributed by atoms with Crippen molar-refractivity contribution in [2.24, 2.45) is 0 Å². The quantitative estimate of drug-likeness (QED) is 0.682. The SMILES string of the molecule is CCN(Cc1ccc(C(C)C)cc1)Cc1cc(=O)n2ccsc2n1. The number of benzene rings is 1. The van der Waals surface area contributed by atoms with Gasteiger partial charge in [0.25, 0.3) is 5.56 Å². The van der Waals surface area contributed by atoms with Crippen LogP contribution < -0.4 is 5.56 Å². The highest BCUT2D eigenvalue weighted by Crippen LogP contribution is 2.16. The number of nitrogens with zero attached hydrogens (tertiary/aromatic N) is 3. The molecule has 0 radical (unpaired) electrons.